The number of hydrogen-bond donors (Lipinski definition) is 10. The van der Waals surface area contributed by atoms with Gasteiger partial charge in [-0.25, -0.2) is 4.79 Å². The fraction of sp³-hybridized carbons (Fsp3) is 0.759. The molecule has 0 bridgehead atoms. The van der Waals surface area contributed by atoms with E-state index in [0.717, 1.165) is 0 Å². The number of aliphatic hydroxyl groups excluding tert-OH is 1. The standard InChI is InChI=1S/C29H53N7O10/c1-6-15(3)22(31)27(43)32-17(5)24(40)36-23(16(4)7-2)28(44)33-18(11-12-21(38)39)25(41)35-20(14-37)26(42)34-19(29(45)46)10-8-9-13-30/h15-20,22-23,37H,6-14,30-31H2,1-5H3,(H,32,43)(H,33,44)(H,34,42)(H,35,41)(H,36,40)(H,38,39)(H,45,46)/t15-,16-,17-,18-,19-,20-,22-,23-/m0/s1. The van der Waals surface area contributed by atoms with Gasteiger partial charge in [-0.2, -0.15) is 0 Å². The molecule has 0 radical (unpaired) electrons. The zero-order chi connectivity index (χ0) is 35.6. The van der Waals surface area contributed by atoms with E-state index < -0.39 is 103 Å². The van der Waals surface area contributed by atoms with Crippen LogP contribution in [0.4, 0.5) is 0 Å². The van der Waals surface area contributed by atoms with Crippen LogP contribution in [0.25, 0.3) is 0 Å². The van der Waals surface area contributed by atoms with Crippen LogP contribution >= 0.6 is 0 Å². The molecule has 17 nitrogen and oxygen atoms in total. The summed E-state index contributed by atoms with van der Waals surface area (Å²) >= 11 is 0. The summed E-state index contributed by atoms with van der Waals surface area (Å²) in [5.74, 6) is -7.32. The van der Waals surface area contributed by atoms with E-state index in [1.54, 1.807) is 20.8 Å². The Labute approximate surface area is 269 Å². The van der Waals surface area contributed by atoms with Gasteiger partial charge in [0.05, 0.1) is 12.6 Å². The van der Waals surface area contributed by atoms with Gasteiger partial charge in [-0.15, -0.1) is 0 Å². The van der Waals surface area contributed by atoms with Crippen molar-refractivity contribution in [3.8, 4) is 0 Å². The molecule has 0 spiro atoms. The van der Waals surface area contributed by atoms with E-state index >= 15 is 0 Å². The molecule has 0 aliphatic carbocycles. The number of amides is 5. The Morgan fingerprint density at radius 1 is 0.652 bits per heavy atom. The number of nitrogens with two attached hydrogens (primary N) is 2. The first kappa shape index (κ1) is 42.2. The topological polar surface area (TPSA) is 292 Å². The van der Waals surface area contributed by atoms with E-state index in [0.29, 0.717) is 32.2 Å². The Morgan fingerprint density at radius 2 is 1.20 bits per heavy atom. The van der Waals surface area contributed by atoms with Crippen LogP contribution in [-0.2, 0) is 33.6 Å². The quantitative estimate of drug-likeness (QED) is 0.0529. The number of carboxylic acid groups (broad SMARTS) is 2. The van der Waals surface area contributed by atoms with Crippen molar-refractivity contribution >= 4 is 41.5 Å². The number of carbonyl (C=O) groups excluding carboxylic acids is 5. The van der Waals surface area contributed by atoms with Gasteiger partial charge in [-0.05, 0) is 51.0 Å². The van der Waals surface area contributed by atoms with Crippen molar-refractivity contribution in [2.75, 3.05) is 13.2 Å². The van der Waals surface area contributed by atoms with E-state index in [1.807, 2.05) is 6.92 Å². The highest BCUT2D eigenvalue weighted by Gasteiger charge is 2.34. The molecule has 264 valence electrons. The molecule has 0 aromatic rings. The van der Waals surface area contributed by atoms with Gasteiger partial charge in [0.1, 0.15) is 30.2 Å². The van der Waals surface area contributed by atoms with Crippen LogP contribution in [-0.4, -0.2) is 106 Å². The smallest absolute Gasteiger partial charge is 0.326 e. The molecule has 17 heteroatoms. The van der Waals surface area contributed by atoms with Crippen molar-refractivity contribution < 1.29 is 48.9 Å². The molecule has 46 heavy (non-hydrogen) atoms. The molecule has 0 heterocycles. The van der Waals surface area contributed by atoms with E-state index in [4.69, 9.17) is 11.5 Å². The van der Waals surface area contributed by atoms with Gasteiger partial charge in [0.2, 0.25) is 29.5 Å². The number of unbranched alkanes of at least 4 members (excludes halogenated alkanes) is 1. The number of rotatable bonds is 23. The van der Waals surface area contributed by atoms with Crippen molar-refractivity contribution in [2.45, 2.75) is 116 Å². The zero-order valence-corrected chi connectivity index (χ0v) is 27.3. The van der Waals surface area contributed by atoms with Gasteiger partial charge in [0.25, 0.3) is 0 Å². The molecule has 0 saturated carbocycles. The average Bonchev–Trinajstić information content (AvgIpc) is 3.01. The lowest BCUT2D eigenvalue weighted by Crippen LogP contribution is -2.60. The molecule has 12 N–H and O–H groups in total. The Bertz CT molecular complexity index is 1040. The molecular weight excluding hydrogens is 606 g/mol. The summed E-state index contributed by atoms with van der Waals surface area (Å²) in [4.78, 5) is 87.6. The molecule has 0 aromatic carbocycles. The Balaban J connectivity index is 5.80. The van der Waals surface area contributed by atoms with Gasteiger partial charge in [0.15, 0.2) is 0 Å². The van der Waals surface area contributed by atoms with Crippen LogP contribution in [0, 0.1) is 11.8 Å². The summed E-state index contributed by atoms with van der Waals surface area (Å²) in [5.41, 5.74) is 11.4. The number of carbonyl (C=O) groups is 7. The Morgan fingerprint density at radius 3 is 1.70 bits per heavy atom. The van der Waals surface area contributed by atoms with E-state index in [1.165, 1.54) is 6.92 Å². The minimum atomic E-state index is -1.62. The fourth-order valence-corrected chi connectivity index (χ4v) is 4.15. The maximum atomic E-state index is 13.4. The monoisotopic (exact) mass is 659 g/mol. The number of hydrogen-bond acceptors (Lipinski definition) is 10. The van der Waals surface area contributed by atoms with Crippen LogP contribution in [0.3, 0.4) is 0 Å². The third kappa shape index (κ3) is 15.0. The van der Waals surface area contributed by atoms with Crippen LogP contribution < -0.4 is 38.1 Å². The average molecular weight is 660 g/mol. The van der Waals surface area contributed by atoms with E-state index in [-0.39, 0.29) is 12.3 Å². The molecular formula is C29H53N7O10. The number of carboxylic acids is 2. The summed E-state index contributed by atoms with van der Waals surface area (Å²) in [6.45, 7) is 7.89. The highest BCUT2D eigenvalue weighted by atomic mass is 16.4. The summed E-state index contributed by atoms with van der Waals surface area (Å²) in [6.07, 6.45) is 1.05. The third-order valence-electron chi connectivity index (χ3n) is 7.76. The molecule has 0 unspecified atom stereocenters. The van der Waals surface area contributed by atoms with Crippen molar-refractivity contribution in [3.05, 3.63) is 0 Å². The minimum absolute atomic E-state index is 0.0529. The summed E-state index contributed by atoms with van der Waals surface area (Å²) in [6, 6.07) is -7.57. The van der Waals surface area contributed by atoms with Crippen molar-refractivity contribution in [2.24, 2.45) is 23.3 Å². The van der Waals surface area contributed by atoms with Crippen LogP contribution in [0.1, 0.15) is 79.6 Å². The fourth-order valence-electron chi connectivity index (χ4n) is 4.15. The van der Waals surface area contributed by atoms with Gasteiger partial charge < -0.3 is 53.4 Å². The summed E-state index contributed by atoms with van der Waals surface area (Å²) in [7, 11) is 0. The number of aliphatic hydroxyl groups is 1. The SMILES string of the molecule is CC[C@H](C)[C@H](N)C(=O)N[C@@H](C)C(=O)N[C@H](C(=O)N[C@@H](CCC(=O)O)C(=O)N[C@@H](CO)C(=O)N[C@@H](CCCCN)C(=O)O)[C@@H](C)CC. The highest BCUT2D eigenvalue weighted by molar-refractivity contribution is 5.96. The molecule has 0 aliphatic rings. The predicted octanol–water partition coefficient (Wildman–Crippen LogP) is -2.08. The van der Waals surface area contributed by atoms with Crippen molar-refractivity contribution in [1.29, 1.82) is 0 Å². The second kappa shape index (κ2) is 21.8. The molecule has 0 aromatic heterocycles. The van der Waals surface area contributed by atoms with Gasteiger partial charge in [0, 0.05) is 6.42 Å². The van der Waals surface area contributed by atoms with Crippen LogP contribution in [0.2, 0.25) is 0 Å². The summed E-state index contributed by atoms with van der Waals surface area (Å²) < 4.78 is 0. The lowest BCUT2D eigenvalue weighted by atomic mass is 9.97. The first-order valence-corrected chi connectivity index (χ1v) is 15.6. The molecule has 0 rings (SSSR count). The molecule has 8 atom stereocenters. The van der Waals surface area contributed by atoms with Crippen LogP contribution in [0.5, 0.6) is 0 Å². The maximum Gasteiger partial charge on any atom is 0.326 e. The Hall–Kier alpha value is -3.83. The number of nitrogens with one attached hydrogen (secondary N) is 5. The second-order valence-corrected chi connectivity index (χ2v) is 11.4. The molecule has 0 fully saturated rings. The molecule has 0 aliphatic heterocycles. The first-order valence-electron chi connectivity index (χ1n) is 15.6. The second-order valence-electron chi connectivity index (χ2n) is 11.4. The van der Waals surface area contributed by atoms with Gasteiger partial charge in [-0.1, -0.05) is 40.5 Å². The van der Waals surface area contributed by atoms with E-state index in [2.05, 4.69) is 26.6 Å². The van der Waals surface area contributed by atoms with Gasteiger partial charge in [-0.3, -0.25) is 28.8 Å². The van der Waals surface area contributed by atoms with Crippen LogP contribution in [0.15, 0.2) is 0 Å². The van der Waals surface area contributed by atoms with Crippen molar-refractivity contribution in [1.82, 2.24) is 26.6 Å². The van der Waals surface area contributed by atoms with Gasteiger partial charge >= 0.3 is 11.9 Å². The number of aliphatic carboxylic acids is 2. The van der Waals surface area contributed by atoms with Crippen molar-refractivity contribution in [3.63, 3.8) is 0 Å². The largest absolute Gasteiger partial charge is 0.481 e. The normalized spacial score (nSPS) is 16.3. The summed E-state index contributed by atoms with van der Waals surface area (Å²) in [5, 5.41) is 40.4. The molecule has 5 amide bonds. The van der Waals surface area contributed by atoms with E-state index in [9.17, 15) is 48.9 Å². The Kier molecular flexibility index (Phi) is 20.0. The molecule has 0 saturated heterocycles. The lowest BCUT2D eigenvalue weighted by Gasteiger charge is -2.28. The predicted molar refractivity (Wildman–Crippen MR) is 167 cm³/mol. The minimum Gasteiger partial charge on any atom is -0.481 e. The lowest BCUT2D eigenvalue weighted by molar-refractivity contribution is -0.142. The third-order valence-corrected chi connectivity index (χ3v) is 7.76. The maximum absolute atomic E-state index is 13.4. The first-order chi connectivity index (χ1) is 21.5. The zero-order valence-electron chi connectivity index (χ0n) is 27.3. The highest BCUT2D eigenvalue weighted by Crippen LogP contribution is 2.11.